The van der Waals surface area contributed by atoms with E-state index in [0.717, 1.165) is 12.1 Å². The summed E-state index contributed by atoms with van der Waals surface area (Å²) in [6.45, 7) is 0. The molecular formula is C15H11F3N4. The van der Waals surface area contributed by atoms with Crippen LogP contribution in [0.25, 0.3) is 5.52 Å². The van der Waals surface area contributed by atoms with E-state index in [0.29, 0.717) is 11.2 Å². The first-order valence-corrected chi connectivity index (χ1v) is 6.41. The predicted octanol–water partition coefficient (Wildman–Crippen LogP) is 2.63. The largest absolute Gasteiger partial charge is 0.381 e. The Balaban J connectivity index is 2.17. The zero-order valence-electron chi connectivity index (χ0n) is 11.3. The highest BCUT2D eigenvalue weighted by Gasteiger charge is 2.19. The number of nitrogens with zero attached hydrogens (tertiary/aromatic N) is 2. The number of hydrogen-bond acceptors (Lipinski definition) is 2. The number of fused-ring (bicyclic) bond motifs is 1. The normalized spacial score (nSPS) is 11.0. The topological polar surface area (TPSA) is 67.2 Å². The molecule has 0 aliphatic rings. The maximum absolute atomic E-state index is 13.8. The molecule has 3 N–H and O–H groups in total. The Bertz CT molecular complexity index is 886. The lowest BCUT2D eigenvalue weighted by molar-refractivity contribution is 0.482. The lowest BCUT2D eigenvalue weighted by Gasteiger charge is -2.04. The average Bonchev–Trinajstić information content (AvgIpc) is 2.87. The summed E-state index contributed by atoms with van der Waals surface area (Å²) in [4.78, 5) is 4.15. The molecule has 0 aliphatic carbocycles. The monoisotopic (exact) mass is 304 g/mol. The fourth-order valence-electron chi connectivity index (χ4n) is 2.32. The fourth-order valence-corrected chi connectivity index (χ4v) is 2.32. The molecule has 2 heterocycles. The molecule has 22 heavy (non-hydrogen) atoms. The van der Waals surface area contributed by atoms with Crippen molar-refractivity contribution in [2.24, 2.45) is 5.73 Å². The molecule has 0 spiro atoms. The van der Waals surface area contributed by atoms with E-state index in [2.05, 4.69) is 4.98 Å². The van der Waals surface area contributed by atoms with Crippen molar-refractivity contribution in [1.29, 1.82) is 5.41 Å². The standard InChI is InChI=1S/C15H11F3N4/c16-9-4-5-10(17)13(18)8(9)7-11-12-3-1-2-6-22(12)15(21-11)14(19)20/h1-6H,7H2,(H3,19,20). The molecule has 0 aliphatic heterocycles. The summed E-state index contributed by atoms with van der Waals surface area (Å²) < 4.78 is 42.4. The Morgan fingerprint density at radius 2 is 1.86 bits per heavy atom. The molecular weight excluding hydrogens is 293 g/mol. The van der Waals surface area contributed by atoms with E-state index in [1.54, 1.807) is 28.8 Å². The maximum atomic E-state index is 13.8. The number of benzene rings is 1. The van der Waals surface area contributed by atoms with E-state index >= 15 is 0 Å². The lowest BCUT2D eigenvalue weighted by Crippen LogP contribution is -2.15. The number of hydrogen-bond donors (Lipinski definition) is 2. The minimum Gasteiger partial charge on any atom is -0.381 e. The third-order valence-electron chi connectivity index (χ3n) is 3.35. The quantitative estimate of drug-likeness (QED) is 0.444. The number of nitrogens with one attached hydrogen (secondary N) is 1. The number of aromatic nitrogens is 2. The molecule has 0 saturated carbocycles. The van der Waals surface area contributed by atoms with Crippen LogP contribution in [0.3, 0.4) is 0 Å². The van der Waals surface area contributed by atoms with Gasteiger partial charge >= 0.3 is 0 Å². The smallest absolute Gasteiger partial charge is 0.179 e. The summed E-state index contributed by atoms with van der Waals surface area (Å²) in [7, 11) is 0. The SMILES string of the molecule is N=C(N)c1nc(Cc2c(F)ccc(F)c2F)c2ccccn12. The van der Waals surface area contributed by atoms with E-state index in [4.69, 9.17) is 11.1 Å². The van der Waals surface area contributed by atoms with E-state index in [1.807, 2.05) is 0 Å². The number of pyridine rings is 1. The molecule has 4 nitrogen and oxygen atoms in total. The van der Waals surface area contributed by atoms with Crippen molar-refractivity contribution in [1.82, 2.24) is 9.38 Å². The Hall–Kier alpha value is -2.83. The second-order valence-electron chi connectivity index (χ2n) is 4.75. The number of nitrogen functional groups attached to an aromatic ring is 1. The van der Waals surface area contributed by atoms with E-state index < -0.39 is 23.0 Å². The first-order valence-electron chi connectivity index (χ1n) is 6.41. The highest BCUT2D eigenvalue weighted by Crippen LogP contribution is 2.22. The van der Waals surface area contributed by atoms with Gasteiger partial charge in [0.1, 0.15) is 5.82 Å². The number of imidazole rings is 1. The lowest BCUT2D eigenvalue weighted by atomic mass is 10.1. The Morgan fingerprint density at radius 3 is 2.59 bits per heavy atom. The summed E-state index contributed by atoms with van der Waals surface area (Å²) in [5.41, 5.74) is 5.92. The van der Waals surface area contributed by atoms with Gasteiger partial charge in [-0.2, -0.15) is 0 Å². The average molecular weight is 304 g/mol. The molecule has 112 valence electrons. The van der Waals surface area contributed by atoms with Crippen molar-refractivity contribution in [3.05, 3.63) is 71.1 Å². The van der Waals surface area contributed by atoms with Crippen LogP contribution in [0, 0.1) is 22.9 Å². The van der Waals surface area contributed by atoms with Crippen LogP contribution < -0.4 is 5.73 Å². The molecule has 2 aromatic heterocycles. The summed E-state index contributed by atoms with van der Waals surface area (Å²) in [5.74, 6) is -3.30. The molecule has 0 unspecified atom stereocenters. The van der Waals surface area contributed by atoms with Gasteiger partial charge in [0, 0.05) is 18.2 Å². The Kier molecular flexibility index (Phi) is 3.32. The van der Waals surface area contributed by atoms with Crippen LogP contribution in [0.1, 0.15) is 17.1 Å². The van der Waals surface area contributed by atoms with Crippen molar-refractivity contribution in [3.8, 4) is 0 Å². The first kappa shape index (κ1) is 14.1. The molecule has 1 aromatic carbocycles. The van der Waals surface area contributed by atoms with Gasteiger partial charge in [0.15, 0.2) is 23.3 Å². The number of rotatable bonds is 3. The summed E-state index contributed by atoms with van der Waals surface area (Å²) in [5, 5.41) is 7.52. The van der Waals surface area contributed by atoms with E-state index in [1.165, 1.54) is 0 Å². The Labute approximate surface area is 123 Å². The van der Waals surface area contributed by atoms with Crippen molar-refractivity contribution < 1.29 is 13.2 Å². The molecule has 0 saturated heterocycles. The van der Waals surface area contributed by atoms with Crippen LogP contribution in [-0.4, -0.2) is 15.2 Å². The second kappa shape index (κ2) is 5.18. The number of halogens is 3. The van der Waals surface area contributed by atoms with Crippen molar-refractivity contribution in [2.45, 2.75) is 6.42 Å². The minimum absolute atomic E-state index is 0.169. The van der Waals surface area contributed by atoms with Gasteiger partial charge in [0.2, 0.25) is 0 Å². The maximum Gasteiger partial charge on any atom is 0.179 e. The van der Waals surface area contributed by atoms with Crippen LogP contribution >= 0.6 is 0 Å². The third-order valence-corrected chi connectivity index (χ3v) is 3.35. The van der Waals surface area contributed by atoms with Gasteiger partial charge in [-0.25, -0.2) is 18.2 Å². The van der Waals surface area contributed by atoms with Gasteiger partial charge in [-0.1, -0.05) is 6.07 Å². The first-order chi connectivity index (χ1) is 10.5. The number of amidine groups is 1. The predicted molar refractivity (Wildman–Crippen MR) is 75.3 cm³/mol. The molecule has 0 radical (unpaired) electrons. The minimum atomic E-state index is -1.23. The molecule has 0 amide bonds. The van der Waals surface area contributed by atoms with Crippen LogP contribution in [0.2, 0.25) is 0 Å². The molecule has 3 rings (SSSR count). The van der Waals surface area contributed by atoms with Gasteiger partial charge in [-0.05, 0) is 24.3 Å². The van der Waals surface area contributed by atoms with Crippen LogP contribution in [-0.2, 0) is 6.42 Å². The van der Waals surface area contributed by atoms with Gasteiger partial charge in [0.05, 0.1) is 11.2 Å². The second-order valence-corrected chi connectivity index (χ2v) is 4.75. The van der Waals surface area contributed by atoms with Gasteiger partial charge in [-0.3, -0.25) is 9.81 Å². The zero-order valence-corrected chi connectivity index (χ0v) is 11.3. The number of nitrogens with two attached hydrogens (primary N) is 1. The van der Waals surface area contributed by atoms with Crippen LogP contribution in [0.15, 0.2) is 36.5 Å². The molecule has 0 atom stereocenters. The molecule has 0 bridgehead atoms. The summed E-state index contributed by atoms with van der Waals surface area (Å²) >= 11 is 0. The molecule has 3 aromatic rings. The van der Waals surface area contributed by atoms with Crippen molar-refractivity contribution in [2.75, 3.05) is 0 Å². The summed E-state index contributed by atoms with van der Waals surface area (Å²) in [6, 6.07) is 6.74. The van der Waals surface area contributed by atoms with Crippen molar-refractivity contribution >= 4 is 11.4 Å². The van der Waals surface area contributed by atoms with E-state index in [-0.39, 0.29) is 18.1 Å². The van der Waals surface area contributed by atoms with Crippen molar-refractivity contribution in [3.63, 3.8) is 0 Å². The summed E-state index contributed by atoms with van der Waals surface area (Å²) in [6.07, 6.45) is 1.40. The molecule has 7 heteroatoms. The van der Waals surface area contributed by atoms with E-state index in [9.17, 15) is 13.2 Å². The van der Waals surface area contributed by atoms with Gasteiger partial charge < -0.3 is 5.73 Å². The Morgan fingerprint density at radius 1 is 1.14 bits per heavy atom. The van der Waals surface area contributed by atoms with Crippen LogP contribution in [0.4, 0.5) is 13.2 Å². The highest BCUT2D eigenvalue weighted by atomic mass is 19.2. The van der Waals surface area contributed by atoms with Gasteiger partial charge in [-0.15, -0.1) is 0 Å². The fraction of sp³-hybridized carbons (Fsp3) is 0.0667. The molecule has 0 fully saturated rings. The van der Waals surface area contributed by atoms with Gasteiger partial charge in [0.25, 0.3) is 0 Å². The van der Waals surface area contributed by atoms with Crippen LogP contribution in [0.5, 0.6) is 0 Å². The highest BCUT2D eigenvalue weighted by molar-refractivity contribution is 5.92. The zero-order chi connectivity index (χ0) is 15.9. The third kappa shape index (κ3) is 2.20.